The summed E-state index contributed by atoms with van der Waals surface area (Å²) < 4.78 is 69.3. The third-order valence-corrected chi connectivity index (χ3v) is 21.7. The molecule has 51 heteroatoms. The number of aromatic hydroxyl groups is 29. The molecule has 10 atom stereocenters. The predicted octanol–water partition coefficient (Wildman–Crippen LogP) is 3.57. The Morgan fingerprint density at radius 1 is 0.218 bits per heavy atom. The molecule has 0 aromatic heterocycles. The molecule has 2 fully saturated rings. The average Bonchev–Trinajstić information content (AvgIpc) is 1.42. The number of rotatable bonds is 5. The van der Waals surface area contributed by atoms with Gasteiger partial charge >= 0.3 is 59.7 Å². The zero-order valence-electron chi connectivity index (χ0n) is 65.0. The standard InChI is InChI=1S/C82H54O51/c83-25-1-14(2-26(84)47(25)94)71(112)132-81-69-67(128-76(117)21-8-31(89)52(99)61(108)42(21)44-23(78(119)130-69)10-33(91)54(101)63(44)110)65-35(124-81)12-122-72(113)16-3-15(46(93)57(104)38(16)40-19(74(115)126-65)6-29(87)50(97)59(40)106)37-17(4-27(85)48(95)56(37)103)80(121)133-82-70-68(129-77(118)22-9-32(90)53(100)62(109)43(22)45-24(79(120)131-70)11-34(92)55(102)64(45)111)66-36(125-82)13-123-73(114)18-5-28(86)49(96)58(105)39(18)41-20(75(116)127-66)7-30(88)51(98)60(41)107/h1-11,35-36,65-70,81-111H,12-13H2/t35-,36-,65-,66-,67+,68-,69-,70-,81+,82+/m1/s1. The molecule has 133 heavy (non-hydrogen) atoms. The van der Waals surface area contributed by atoms with Crippen molar-refractivity contribution in [1.29, 1.82) is 0 Å². The lowest BCUT2D eigenvalue weighted by Crippen LogP contribution is -2.63. The number of esters is 10. The van der Waals surface area contributed by atoms with E-state index in [0.717, 1.165) is 0 Å². The Bertz CT molecular complexity index is 6940. The second kappa shape index (κ2) is 31.3. The number of carbonyl (C=O) groups excluding carboxylic acids is 10. The maximum absolute atomic E-state index is 15.8. The third-order valence-electron chi connectivity index (χ3n) is 21.7. The van der Waals surface area contributed by atoms with Crippen LogP contribution in [0.15, 0.2) is 66.7 Å². The number of hydrogen-bond donors (Lipinski definition) is 29. The lowest BCUT2D eigenvalue weighted by Gasteiger charge is -2.44. The van der Waals surface area contributed by atoms with Gasteiger partial charge in [-0.1, -0.05) is 0 Å². The van der Waals surface area contributed by atoms with Gasteiger partial charge in [0.2, 0.25) is 70.8 Å². The highest BCUT2D eigenvalue weighted by Crippen LogP contribution is 2.61. The van der Waals surface area contributed by atoms with Crippen molar-refractivity contribution >= 4 is 59.7 Å². The van der Waals surface area contributed by atoms with Crippen LogP contribution in [0.4, 0.5) is 0 Å². The van der Waals surface area contributed by atoms with E-state index in [2.05, 4.69) is 0 Å². The molecule has 6 heterocycles. The summed E-state index contributed by atoms with van der Waals surface area (Å²) in [6.07, 6.45) is -28.5. The summed E-state index contributed by atoms with van der Waals surface area (Å²) in [5, 5.41) is 325. The molecule has 0 unspecified atom stereocenters. The summed E-state index contributed by atoms with van der Waals surface area (Å²) in [4.78, 5) is 151. The maximum atomic E-state index is 15.8. The Morgan fingerprint density at radius 2 is 0.436 bits per heavy atom. The van der Waals surface area contributed by atoms with Crippen molar-refractivity contribution in [2.45, 2.75) is 61.4 Å². The number of fused-ring (bicyclic) bond motifs is 18. The van der Waals surface area contributed by atoms with Crippen molar-refractivity contribution in [3.8, 4) is 222 Å². The molecule has 688 valence electrons. The molecule has 2 saturated heterocycles. The van der Waals surface area contributed by atoms with Gasteiger partial charge in [0.25, 0.3) is 0 Å². The zero-order chi connectivity index (χ0) is 96.5. The molecule has 0 bridgehead atoms. The summed E-state index contributed by atoms with van der Waals surface area (Å²) in [5.41, 5.74) is -27.2. The van der Waals surface area contributed by atoms with Crippen LogP contribution in [0.25, 0.3) is 55.6 Å². The second-order valence-electron chi connectivity index (χ2n) is 29.3. The van der Waals surface area contributed by atoms with Crippen molar-refractivity contribution in [2.75, 3.05) is 13.2 Å². The molecular weight excluding hydrogens is 1800 g/mol. The molecule has 6 aliphatic heterocycles. The highest BCUT2D eigenvalue weighted by molar-refractivity contribution is 6.14. The van der Waals surface area contributed by atoms with Crippen molar-refractivity contribution in [2.24, 2.45) is 0 Å². The van der Waals surface area contributed by atoms with E-state index in [1.54, 1.807) is 0 Å². The van der Waals surface area contributed by atoms with Gasteiger partial charge in [-0.25, -0.2) is 47.9 Å². The van der Waals surface area contributed by atoms with Crippen LogP contribution in [0, 0.1) is 0 Å². The van der Waals surface area contributed by atoms with E-state index < -0.39 is 412 Å². The molecular formula is C82H54O51. The first-order valence-electron chi connectivity index (χ1n) is 37.1. The van der Waals surface area contributed by atoms with Crippen LogP contribution in [0.1, 0.15) is 104 Å². The Morgan fingerprint density at radius 3 is 0.722 bits per heavy atom. The molecule has 16 rings (SSSR count). The van der Waals surface area contributed by atoms with Crippen molar-refractivity contribution in [3.63, 3.8) is 0 Å². The molecule has 10 aromatic rings. The average molecular weight is 1860 g/mol. The number of cyclic esters (lactones) is 2. The van der Waals surface area contributed by atoms with Crippen molar-refractivity contribution < 1.29 is 253 Å². The number of phenolic OH excluding ortho intramolecular Hbond substituents is 29. The van der Waals surface area contributed by atoms with Crippen molar-refractivity contribution in [1.82, 2.24) is 0 Å². The summed E-state index contributed by atoms with van der Waals surface area (Å²) >= 11 is 0. The topological polar surface area (TPSA) is 868 Å². The summed E-state index contributed by atoms with van der Waals surface area (Å²) in [6.45, 7) is -3.30. The predicted molar refractivity (Wildman–Crippen MR) is 412 cm³/mol. The van der Waals surface area contributed by atoms with Gasteiger partial charge in [0.05, 0.1) is 55.6 Å². The molecule has 0 radical (unpaired) electrons. The van der Waals surface area contributed by atoms with E-state index in [0.29, 0.717) is 24.3 Å². The highest BCUT2D eigenvalue weighted by atomic mass is 16.8. The quantitative estimate of drug-likeness (QED) is 0.0665. The molecule has 51 nitrogen and oxygen atoms in total. The van der Waals surface area contributed by atoms with Crippen LogP contribution in [-0.2, 0) is 56.8 Å². The fraction of sp³-hybridized carbons (Fsp3) is 0.146. The Kier molecular flexibility index (Phi) is 20.6. The number of ether oxygens (including phenoxy) is 12. The van der Waals surface area contributed by atoms with Gasteiger partial charge in [0.1, 0.15) is 25.4 Å². The number of hydrogen-bond acceptors (Lipinski definition) is 51. The normalized spacial score (nSPS) is 20.2. The number of phenols is 29. The van der Waals surface area contributed by atoms with E-state index in [1.807, 2.05) is 0 Å². The molecule has 0 saturated carbocycles. The van der Waals surface area contributed by atoms with E-state index in [9.17, 15) is 162 Å². The van der Waals surface area contributed by atoms with Gasteiger partial charge in [-0.3, -0.25) is 0 Å². The van der Waals surface area contributed by atoms with E-state index in [-0.39, 0.29) is 42.5 Å². The monoisotopic (exact) mass is 1850 g/mol. The minimum Gasteiger partial charge on any atom is -0.504 e. The van der Waals surface area contributed by atoms with Crippen LogP contribution in [0.2, 0.25) is 0 Å². The largest absolute Gasteiger partial charge is 0.504 e. The first-order chi connectivity index (χ1) is 62.6. The smallest absolute Gasteiger partial charge is 0.341 e. The number of benzene rings is 10. The lowest BCUT2D eigenvalue weighted by atomic mass is 9.87. The Labute approximate surface area is 729 Å². The summed E-state index contributed by atoms with van der Waals surface area (Å²) in [6, 6.07) is 2.92. The van der Waals surface area contributed by atoms with Crippen LogP contribution in [0.5, 0.6) is 167 Å². The SMILES string of the molecule is O=C(O[C@@H]1O[C@@H]2COC(=O)c3cc(-c4c(C(=O)O[C@@H]5O[C@@H]6COC(=O)c7cc(O)c(O)c(O)c7-c7c(cc(O)c(O)c7O)C(=O)O[C@H]6[C@H]6OC(=O)c7cc(O)c(O)c(O)c7-c7c(cc(O)c(O)c7O)C(=O)O[C@@H]56)cc(O)c(O)c4O)c(O)c(O)c3-c3c(cc(O)c(O)c3O)C(=O)O[C@H]2[C@@H]2OC(=O)c3cc(O)c(O)c(O)c3-c3c(cc(O)c(O)c3O)C(=O)O[C@@H]12)c1cc(O)c(O)c(O)c1. The maximum Gasteiger partial charge on any atom is 0.341 e. The fourth-order valence-corrected chi connectivity index (χ4v) is 15.4. The molecule has 0 spiro atoms. The molecule has 29 N–H and O–H groups in total. The highest BCUT2D eigenvalue weighted by Gasteiger charge is 2.59. The lowest BCUT2D eigenvalue weighted by molar-refractivity contribution is -0.283. The van der Waals surface area contributed by atoms with Gasteiger partial charge < -0.3 is 205 Å². The van der Waals surface area contributed by atoms with Gasteiger partial charge in [-0.15, -0.1) is 0 Å². The van der Waals surface area contributed by atoms with E-state index in [1.165, 1.54) is 0 Å². The van der Waals surface area contributed by atoms with Crippen LogP contribution >= 0.6 is 0 Å². The van der Waals surface area contributed by atoms with Gasteiger partial charge in [0.15, 0.2) is 145 Å². The molecule has 0 aliphatic carbocycles. The van der Waals surface area contributed by atoms with E-state index >= 15 is 33.6 Å². The zero-order valence-corrected chi connectivity index (χ0v) is 65.0. The Hall–Kier alpha value is -19.0. The minimum absolute atomic E-state index is 0.0903. The third kappa shape index (κ3) is 13.7. The Balaban J connectivity index is 0.850. The summed E-state index contributed by atoms with van der Waals surface area (Å²) in [7, 11) is 0. The van der Waals surface area contributed by atoms with E-state index in [4.69, 9.17) is 56.8 Å². The van der Waals surface area contributed by atoms with Crippen LogP contribution < -0.4 is 0 Å². The molecule has 6 aliphatic rings. The van der Waals surface area contributed by atoms with Gasteiger partial charge in [-0.2, -0.15) is 0 Å². The second-order valence-corrected chi connectivity index (χ2v) is 29.3. The van der Waals surface area contributed by atoms with Crippen molar-refractivity contribution in [3.05, 3.63) is 122 Å². The number of carbonyl (C=O) groups is 10. The minimum atomic E-state index is -3.15. The van der Waals surface area contributed by atoms with Crippen LogP contribution in [-0.4, -0.2) is 282 Å². The molecule has 10 aromatic carbocycles. The summed E-state index contributed by atoms with van der Waals surface area (Å²) in [5.74, 6) is -66.4. The first kappa shape index (κ1) is 87.5. The van der Waals surface area contributed by atoms with Crippen LogP contribution in [0.3, 0.4) is 0 Å². The van der Waals surface area contributed by atoms with Gasteiger partial charge in [0, 0.05) is 55.6 Å². The first-order valence-corrected chi connectivity index (χ1v) is 37.1. The molecule has 0 amide bonds. The fourth-order valence-electron chi connectivity index (χ4n) is 15.4. The van der Waals surface area contributed by atoms with Gasteiger partial charge in [-0.05, 0) is 66.7 Å².